The largest absolute Gasteiger partial charge is 0.496 e. The second kappa shape index (κ2) is 8.66. The molecule has 7 nitrogen and oxygen atoms in total. The smallest absolute Gasteiger partial charge is 0.259 e. The van der Waals surface area contributed by atoms with Crippen LogP contribution in [0.2, 0.25) is 0 Å². The number of para-hydroxylation sites is 1. The second-order valence-corrected chi connectivity index (χ2v) is 7.50. The van der Waals surface area contributed by atoms with Crippen molar-refractivity contribution in [1.29, 1.82) is 5.26 Å². The summed E-state index contributed by atoms with van der Waals surface area (Å²) >= 11 is 0. The van der Waals surface area contributed by atoms with Crippen LogP contribution in [0.1, 0.15) is 29.8 Å². The Morgan fingerprint density at radius 3 is 2.44 bits per heavy atom. The Labute approximate surface area is 159 Å². The van der Waals surface area contributed by atoms with E-state index in [0.717, 1.165) is 0 Å². The SMILES string of the molecule is CCN(CC)S(=O)(=O)c1ccc(OC)c(C(=O)Nc2ccccc2C#N)c1. The Bertz CT molecular complexity index is 977. The summed E-state index contributed by atoms with van der Waals surface area (Å²) in [5.41, 5.74) is 0.708. The second-order valence-electron chi connectivity index (χ2n) is 5.56. The minimum atomic E-state index is -3.72. The maximum atomic E-state index is 12.7. The van der Waals surface area contributed by atoms with Gasteiger partial charge in [-0.15, -0.1) is 0 Å². The first kappa shape index (κ1) is 20.4. The molecule has 0 spiro atoms. The van der Waals surface area contributed by atoms with E-state index in [2.05, 4.69) is 5.32 Å². The van der Waals surface area contributed by atoms with E-state index >= 15 is 0 Å². The average Bonchev–Trinajstić information content (AvgIpc) is 2.68. The van der Waals surface area contributed by atoms with Crippen LogP contribution in [0.4, 0.5) is 5.69 Å². The Kier molecular flexibility index (Phi) is 6.55. The molecule has 0 radical (unpaired) electrons. The molecule has 142 valence electrons. The van der Waals surface area contributed by atoms with Gasteiger partial charge in [0.05, 0.1) is 28.8 Å². The number of ether oxygens (including phenoxy) is 1. The van der Waals surface area contributed by atoms with E-state index in [1.165, 1.54) is 29.6 Å². The fourth-order valence-electron chi connectivity index (χ4n) is 2.62. The van der Waals surface area contributed by atoms with Crippen molar-refractivity contribution >= 4 is 21.6 Å². The molecule has 8 heteroatoms. The van der Waals surface area contributed by atoms with Crippen molar-refractivity contribution in [3.8, 4) is 11.8 Å². The van der Waals surface area contributed by atoms with Gasteiger partial charge >= 0.3 is 0 Å². The fraction of sp³-hybridized carbons (Fsp3) is 0.263. The summed E-state index contributed by atoms with van der Waals surface area (Å²) in [6.45, 7) is 4.14. The molecule has 0 aliphatic heterocycles. The van der Waals surface area contributed by atoms with Gasteiger partial charge < -0.3 is 10.1 Å². The predicted molar refractivity (Wildman–Crippen MR) is 102 cm³/mol. The molecule has 0 saturated heterocycles. The number of methoxy groups -OCH3 is 1. The van der Waals surface area contributed by atoms with Crippen LogP contribution in [0, 0.1) is 11.3 Å². The van der Waals surface area contributed by atoms with E-state index in [9.17, 15) is 13.2 Å². The van der Waals surface area contributed by atoms with Gasteiger partial charge in [-0.05, 0) is 30.3 Å². The molecule has 0 bridgehead atoms. The summed E-state index contributed by atoms with van der Waals surface area (Å²) in [6, 6.07) is 12.7. The first-order chi connectivity index (χ1) is 12.9. The van der Waals surface area contributed by atoms with Gasteiger partial charge in [0, 0.05) is 13.1 Å². The third-order valence-electron chi connectivity index (χ3n) is 4.05. The molecule has 2 rings (SSSR count). The van der Waals surface area contributed by atoms with E-state index < -0.39 is 15.9 Å². The lowest BCUT2D eigenvalue weighted by atomic mass is 10.1. The predicted octanol–water partition coefficient (Wildman–Crippen LogP) is 2.85. The third-order valence-corrected chi connectivity index (χ3v) is 6.10. The lowest BCUT2D eigenvalue weighted by Gasteiger charge is -2.19. The van der Waals surface area contributed by atoms with E-state index in [1.807, 2.05) is 6.07 Å². The van der Waals surface area contributed by atoms with Gasteiger partial charge in [-0.2, -0.15) is 9.57 Å². The molecule has 0 aliphatic rings. The zero-order valence-corrected chi connectivity index (χ0v) is 16.2. The summed E-state index contributed by atoms with van der Waals surface area (Å²) in [7, 11) is -2.33. The number of hydrogen-bond acceptors (Lipinski definition) is 5. The maximum absolute atomic E-state index is 12.7. The molecule has 0 aromatic heterocycles. The number of nitriles is 1. The Balaban J connectivity index is 2.47. The standard InChI is InChI=1S/C19H21N3O4S/c1-4-22(5-2)27(24,25)15-10-11-18(26-3)16(12-15)19(23)21-17-9-7-6-8-14(17)13-20/h6-12H,4-5H2,1-3H3,(H,21,23). The van der Waals surface area contributed by atoms with Crippen LogP contribution in [-0.2, 0) is 10.0 Å². The molecule has 0 heterocycles. The molecule has 1 amide bonds. The van der Waals surface area contributed by atoms with Crippen molar-refractivity contribution in [2.45, 2.75) is 18.7 Å². The molecule has 1 N–H and O–H groups in total. The highest BCUT2D eigenvalue weighted by Gasteiger charge is 2.24. The van der Waals surface area contributed by atoms with Crippen molar-refractivity contribution in [2.24, 2.45) is 0 Å². The topological polar surface area (TPSA) is 99.5 Å². The van der Waals surface area contributed by atoms with Crippen LogP contribution in [0.15, 0.2) is 47.4 Å². The summed E-state index contributed by atoms with van der Waals surface area (Å²) in [5.74, 6) is -0.327. The molecular formula is C19H21N3O4S. The van der Waals surface area contributed by atoms with Crippen molar-refractivity contribution < 1.29 is 17.9 Å². The van der Waals surface area contributed by atoms with Crippen LogP contribution < -0.4 is 10.1 Å². The van der Waals surface area contributed by atoms with Crippen molar-refractivity contribution in [3.05, 3.63) is 53.6 Å². The normalized spacial score (nSPS) is 11.1. The summed E-state index contributed by atoms with van der Waals surface area (Å²) < 4.78 is 32.0. The van der Waals surface area contributed by atoms with Crippen LogP contribution in [-0.4, -0.2) is 38.8 Å². The number of nitrogens with one attached hydrogen (secondary N) is 1. The van der Waals surface area contributed by atoms with E-state index in [4.69, 9.17) is 10.00 Å². The van der Waals surface area contributed by atoms with Crippen molar-refractivity contribution in [1.82, 2.24) is 4.31 Å². The number of amides is 1. The number of carbonyl (C=O) groups excluding carboxylic acids is 1. The number of hydrogen-bond donors (Lipinski definition) is 1. The number of anilines is 1. The lowest BCUT2D eigenvalue weighted by Crippen LogP contribution is -2.30. The van der Waals surface area contributed by atoms with Gasteiger partial charge in [-0.1, -0.05) is 26.0 Å². The molecule has 0 unspecified atom stereocenters. The molecule has 0 atom stereocenters. The minimum absolute atomic E-state index is 0.00529. The fourth-order valence-corrected chi connectivity index (χ4v) is 4.10. The quantitative estimate of drug-likeness (QED) is 0.787. The van der Waals surface area contributed by atoms with E-state index in [1.54, 1.807) is 38.1 Å². The van der Waals surface area contributed by atoms with Gasteiger partial charge in [0.15, 0.2) is 0 Å². The minimum Gasteiger partial charge on any atom is -0.496 e. The first-order valence-electron chi connectivity index (χ1n) is 8.37. The molecule has 0 saturated carbocycles. The highest BCUT2D eigenvalue weighted by molar-refractivity contribution is 7.89. The van der Waals surface area contributed by atoms with Gasteiger partial charge in [-0.25, -0.2) is 8.42 Å². The maximum Gasteiger partial charge on any atom is 0.259 e. The highest BCUT2D eigenvalue weighted by Crippen LogP contribution is 2.26. The van der Waals surface area contributed by atoms with Crippen LogP contribution in [0.25, 0.3) is 0 Å². The highest BCUT2D eigenvalue weighted by atomic mass is 32.2. The molecule has 27 heavy (non-hydrogen) atoms. The summed E-state index contributed by atoms with van der Waals surface area (Å²) in [6.07, 6.45) is 0. The molecule has 2 aromatic rings. The Hall–Kier alpha value is -2.89. The number of sulfonamides is 1. The molecule has 0 fully saturated rings. The monoisotopic (exact) mass is 387 g/mol. The Morgan fingerprint density at radius 1 is 1.19 bits per heavy atom. The van der Waals surface area contributed by atoms with Crippen LogP contribution in [0.3, 0.4) is 0 Å². The van der Waals surface area contributed by atoms with Gasteiger partial charge in [-0.3, -0.25) is 4.79 Å². The Morgan fingerprint density at radius 2 is 1.85 bits per heavy atom. The molecule has 0 aliphatic carbocycles. The van der Waals surface area contributed by atoms with E-state index in [0.29, 0.717) is 24.3 Å². The molecule has 2 aromatic carbocycles. The molecular weight excluding hydrogens is 366 g/mol. The number of carbonyl (C=O) groups is 1. The van der Waals surface area contributed by atoms with Gasteiger partial charge in [0.2, 0.25) is 10.0 Å². The van der Waals surface area contributed by atoms with Crippen LogP contribution in [0.5, 0.6) is 5.75 Å². The third kappa shape index (κ3) is 4.27. The van der Waals surface area contributed by atoms with Crippen molar-refractivity contribution in [3.63, 3.8) is 0 Å². The number of nitrogens with zero attached hydrogens (tertiary/aromatic N) is 2. The average molecular weight is 387 g/mol. The lowest BCUT2D eigenvalue weighted by molar-refractivity contribution is 0.102. The van der Waals surface area contributed by atoms with Gasteiger partial charge in [0.1, 0.15) is 11.8 Å². The zero-order chi connectivity index (χ0) is 20.0. The van der Waals surface area contributed by atoms with Crippen LogP contribution >= 0.6 is 0 Å². The van der Waals surface area contributed by atoms with Gasteiger partial charge in [0.25, 0.3) is 5.91 Å². The zero-order valence-electron chi connectivity index (χ0n) is 15.4. The number of rotatable bonds is 7. The van der Waals surface area contributed by atoms with E-state index in [-0.39, 0.29) is 16.2 Å². The number of benzene rings is 2. The first-order valence-corrected chi connectivity index (χ1v) is 9.81. The van der Waals surface area contributed by atoms with Crippen molar-refractivity contribution in [2.75, 3.05) is 25.5 Å². The summed E-state index contributed by atoms with van der Waals surface area (Å²) in [4.78, 5) is 12.7. The summed E-state index contributed by atoms with van der Waals surface area (Å²) in [5, 5.41) is 11.8.